The fourth-order valence-electron chi connectivity index (χ4n) is 2.88. The van der Waals surface area contributed by atoms with Crippen LogP contribution in [0, 0.1) is 13.8 Å². The minimum atomic E-state index is -0.431. The van der Waals surface area contributed by atoms with Crippen LogP contribution in [0.25, 0.3) is 0 Å². The molecule has 0 unspecified atom stereocenters. The molecule has 0 radical (unpaired) electrons. The Bertz CT molecular complexity index is 542. The number of amides is 1. The van der Waals surface area contributed by atoms with Crippen LogP contribution in [0.5, 0.6) is 0 Å². The average molecular weight is 349 g/mol. The largest absolute Gasteiger partial charge is 0.373 e. The third-order valence-electron chi connectivity index (χ3n) is 4.12. The van der Waals surface area contributed by atoms with Crippen molar-refractivity contribution in [2.75, 3.05) is 31.1 Å². The number of ether oxygens (including phenoxy) is 1. The third-order valence-corrected chi connectivity index (χ3v) is 4.12. The zero-order valence-corrected chi connectivity index (χ0v) is 14.3. The standard InChI is InChI=1S/C14H20N4O2.2ClH/c1-8-5-10(13(15)19)14(17-9(8)2)18-6-11-12(7-18)20-4-3-16-11;;/h5,11-12,16H,3-4,6-7H2,1-2H3,(H2,15,19);2*1H/t11-,12-;;/m0../s1. The zero-order valence-electron chi connectivity index (χ0n) is 12.7. The van der Waals surface area contributed by atoms with Crippen molar-refractivity contribution in [1.29, 1.82) is 0 Å². The first-order chi connectivity index (χ1) is 9.56. The molecule has 3 rings (SSSR count). The highest BCUT2D eigenvalue weighted by molar-refractivity contribution is 5.98. The number of carbonyl (C=O) groups is 1. The van der Waals surface area contributed by atoms with Gasteiger partial charge in [0, 0.05) is 25.3 Å². The summed E-state index contributed by atoms with van der Waals surface area (Å²) in [6, 6.07) is 2.13. The number of aryl methyl sites for hydroxylation is 2. The topological polar surface area (TPSA) is 80.5 Å². The van der Waals surface area contributed by atoms with Gasteiger partial charge in [-0.2, -0.15) is 0 Å². The molecule has 2 aliphatic heterocycles. The van der Waals surface area contributed by atoms with E-state index in [2.05, 4.69) is 15.2 Å². The number of carbonyl (C=O) groups excluding carboxylic acids is 1. The highest BCUT2D eigenvalue weighted by atomic mass is 35.5. The van der Waals surface area contributed by atoms with Crippen molar-refractivity contribution in [1.82, 2.24) is 10.3 Å². The predicted molar refractivity (Wildman–Crippen MR) is 90.5 cm³/mol. The molecule has 2 fully saturated rings. The van der Waals surface area contributed by atoms with Crippen LogP contribution in [0.4, 0.5) is 5.82 Å². The van der Waals surface area contributed by atoms with Crippen LogP contribution in [-0.2, 0) is 4.74 Å². The second-order valence-electron chi connectivity index (χ2n) is 5.50. The first kappa shape index (κ1) is 19.0. The summed E-state index contributed by atoms with van der Waals surface area (Å²) >= 11 is 0. The molecule has 0 bridgehead atoms. The van der Waals surface area contributed by atoms with Gasteiger partial charge in [-0.3, -0.25) is 4.79 Å². The SMILES string of the molecule is Cc1cc(C(N)=O)c(N2C[C@@H]3NCCO[C@H]3C2)nc1C.Cl.Cl. The van der Waals surface area contributed by atoms with Gasteiger partial charge in [-0.15, -0.1) is 24.8 Å². The molecule has 0 aliphatic carbocycles. The maximum absolute atomic E-state index is 11.7. The Morgan fingerprint density at radius 3 is 2.77 bits per heavy atom. The Kier molecular flexibility index (Phi) is 6.43. The fourth-order valence-corrected chi connectivity index (χ4v) is 2.88. The molecule has 3 N–H and O–H groups in total. The molecule has 124 valence electrons. The maximum Gasteiger partial charge on any atom is 0.252 e. The van der Waals surface area contributed by atoms with Crippen LogP contribution in [-0.4, -0.2) is 49.3 Å². The van der Waals surface area contributed by atoms with Crippen molar-refractivity contribution in [3.05, 3.63) is 22.9 Å². The number of pyridine rings is 1. The lowest BCUT2D eigenvalue weighted by Crippen LogP contribution is -2.47. The molecule has 2 saturated heterocycles. The maximum atomic E-state index is 11.7. The summed E-state index contributed by atoms with van der Waals surface area (Å²) in [6.45, 7) is 7.03. The number of hydrogen-bond donors (Lipinski definition) is 2. The number of nitrogens with two attached hydrogens (primary N) is 1. The predicted octanol–water partition coefficient (Wildman–Crippen LogP) is 0.818. The molecule has 0 aromatic carbocycles. The number of morpholine rings is 1. The summed E-state index contributed by atoms with van der Waals surface area (Å²) < 4.78 is 5.76. The van der Waals surface area contributed by atoms with Crippen molar-refractivity contribution in [3.63, 3.8) is 0 Å². The van der Waals surface area contributed by atoms with E-state index in [-0.39, 0.29) is 30.9 Å². The molecule has 22 heavy (non-hydrogen) atoms. The minimum Gasteiger partial charge on any atom is -0.373 e. The molecule has 6 nitrogen and oxygen atoms in total. The Hall–Kier alpha value is -1.08. The second kappa shape index (κ2) is 7.46. The summed E-state index contributed by atoms with van der Waals surface area (Å²) in [5, 5.41) is 3.44. The van der Waals surface area contributed by atoms with Crippen LogP contribution < -0.4 is 16.0 Å². The van der Waals surface area contributed by atoms with Crippen LogP contribution >= 0.6 is 24.8 Å². The molecule has 8 heteroatoms. The van der Waals surface area contributed by atoms with Gasteiger partial charge in [-0.05, 0) is 25.5 Å². The van der Waals surface area contributed by atoms with E-state index in [9.17, 15) is 4.79 Å². The van der Waals surface area contributed by atoms with Gasteiger partial charge >= 0.3 is 0 Å². The van der Waals surface area contributed by atoms with E-state index in [0.717, 1.165) is 37.5 Å². The molecular formula is C14H22Cl2N4O2. The number of hydrogen-bond acceptors (Lipinski definition) is 5. The molecular weight excluding hydrogens is 327 g/mol. The number of fused-ring (bicyclic) bond motifs is 1. The summed E-state index contributed by atoms with van der Waals surface area (Å²) in [4.78, 5) is 18.3. The molecule has 3 heterocycles. The molecule has 0 spiro atoms. The molecule has 2 atom stereocenters. The van der Waals surface area contributed by atoms with Gasteiger partial charge < -0.3 is 20.7 Å². The number of nitrogens with one attached hydrogen (secondary N) is 1. The zero-order chi connectivity index (χ0) is 14.3. The molecule has 1 aromatic rings. The van der Waals surface area contributed by atoms with Crippen molar-refractivity contribution >= 4 is 36.5 Å². The van der Waals surface area contributed by atoms with Crippen molar-refractivity contribution in [2.45, 2.75) is 26.0 Å². The molecule has 1 amide bonds. The van der Waals surface area contributed by atoms with Gasteiger partial charge in [-0.25, -0.2) is 4.98 Å². The lowest BCUT2D eigenvalue weighted by atomic mass is 10.1. The number of nitrogens with zero attached hydrogens (tertiary/aromatic N) is 2. The number of primary amides is 1. The summed E-state index contributed by atoms with van der Waals surface area (Å²) in [5.74, 6) is 0.250. The number of anilines is 1. The molecule has 1 aromatic heterocycles. The second-order valence-corrected chi connectivity index (χ2v) is 5.50. The van der Waals surface area contributed by atoms with E-state index in [1.807, 2.05) is 19.9 Å². The Morgan fingerprint density at radius 2 is 2.14 bits per heavy atom. The van der Waals surface area contributed by atoms with Crippen molar-refractivity contribution in [2.24, 2.45) is 5.73 Å². The van der Waals surface area contributed by atoms with E-state index >= 15 is 0 Å². The van der Waals surface area contributed by atoms with E-state index in [1.165, 1.54) is 0 Å². The van der Waals surface area contributed by atoms with Gasteiger partial charge in [0.25, 0.3) is 5.91 Å². The number of aromatic nitrogens is 1. The lowest BCUT2D eigenvalue weighted by molar-refractivity contribution is 0.0212. The lowest BCUT2D eigenvalue weighted by Gasteiger charge is -2.25. The smallest absolute Gasteiger partial charge is 0.252 e. The van der Waals surface area contributed by atoms with Crippen molar-refractivity contribution < 1.29 is 9.53 Å². The van der Waals surface area contributed by atoms with Crippen LogP contribution in [0.15, 0.2) is 6.07 Å². The quantitative estimate of drug-likeness (QED) is 0.826. The van der Waals surface area contributed by atoms with Gasteiger partial charge in [0.05, 0.1) is 24.3 Å². The Morgan fingerprint density at radius 1 is 1.41 bits per heavy atom. The van der Waals surface area contributed by atoms with Gasteiger partial charge in [-0.1, -0.05) is 0 Å². The van der Waals surface area contributed by atoms with E-state index in [4.69, 9.17) is 10.5 Å². The van der Waals surface area contributed by atoms with Crippen LogP contribution in [0.3, 0.4) is 0 Å². The Labute approximate surface area is 142 Å². The number of rotatable bonds is 2. The van der Waals surface area contributed by atoms with Gasteiger partial charge in [0.2, 0.25) is 0 Å². The van der Waals surface area contributed by atoms with E-state index < -0.39 is 5.91 Å². The summed E-state index contributed by atoms with van der Waals surface area (Å²) in [6.07, 6.45) is 0.160. The minimum absolute atomic E-state index is 0. The monoisotopic (exact) mass is 348 g/mol. The van der Waals surface area contributed by atoms with E-state index in [1.54, 1.807) is 0 Å². The van der Waals surface area contributed by atoms with Crippen LogP contribution in [0.1, 0.15) is 21.6 Å². The van der Waals surface area contributed by atoms with Crippen molar-refractivity contribution in [3.8, 4) is 0 Å². The molecule has 2 aliphatic rings. The highest BCUT2D eigenvalue weighted by Gasteiger charge is 2.37. The fraction of sp³-hybridized carbons (Fsp3) is 0.571. The summed E-state index contributed by atoms with van der Waals surface area (Å²) in [7, 11) is 0. The van der Waals surface area contributed by atoms with Gasteiger partial charge in [0.1, 0.15) is 5.82 Å². The van der Waals surface area contributed by atoms with Gasteiger partial charge in [0.15, 0.2) is 0 Å². The first-order valence-electron chi connectivity index (χ1n) is 6.94. The molecule has 0 saturated carbocycles. The Balaban J connectivity index is 0.00000121. The van der Waals surface area contributed by atoms with Crippen LogP contribution in [0.2, 0.25) is 0 Å². The first-order valence-corrected chi connectivity index (χ1v) is 6.94. The summed E-state index contributed by atoms with van der Waals surface area (Å²) in [5.41, 5.74) is 7.89. The van der Waals surface area contributed by atoms with E-state index in [0.29, 0.717) is 17.4 Å². The normalized spacial score (nSPS) is 23.3. The highest BCUT2D eigenvalue weighted by Crippen LogP contribution is 2.26. The number of halogens is 2. The third kappa shape index (κ3) is 3.46. The average Bonchev–Trinajstić information content (AvgIpc) is 2.84.